The van der Waals surface area contributed by atoms with Gasteiger partial charge in [0, 0.05) is 24.7 Å². The first-order valence-electron chi connectivity index (χ1n) is 7.36. The fraction of sp³-hybridized carbons (Fsp3) is 0.533. The lowest BCUT2D eigenvalue weighted by atomic mass is 10.1. The van der Waals surface area contributed by atoms with Gasteiger partial charge in [-0.3, -0.25) is 9.52 Å². The molecular formula is C15H23N3O3S. The molecule has 2 N–H and O–H groups in total. The highest BCUT2D eigenvalue weighted by Crippen LogP contribution is 2.23. The third-order valence-electron chi connectivity index (χ3n) is 3.86. The predicted molar refractivity (Wildman–Crippen MR) is 87.6 cm³/mol. The van der Waals surface area contributed by atoms with Gasteiger partial charge in [0.15, 0.2) is 0 Å². The van der Waals surface area contributed by atoms with Crippen LogP contribution >= 0.6 is 0 Å². The number of likely N-dealkylation sites (N-methyl/N-ethyl adjacent to an activating group) is 1. The van der Waals surface area contributed by atoms with Gasteiger partial charge in [-0.15, -0.1) is 0 Å². The lowest BCUT2D eigenvalue weighted by Crippen LogP contribution is -2.40. The first kappa shape index (κ1) is 16.8. The molecule has 1 fully saturated rings. The Hall–Kier alpha value is -1.60. The van der Waals surface area contributed by atoms with Crippen LogP contribution in [0.1, 0.15) is 28.8 Å². The molecular weight excluding hydrogens is 302 g/mol. The van der Waals surface area contributed by atoms with E-state index in [-0.39, 0.29) is 11.9 Å². The van der Waals surface area contributed by atoms with Crippen LogP contribution in [-0.2, 0) is 10.0 Å². The third-order valence-corrected chi connectivity index (χ3v) is 4.45. The van der Waals surface area contributed by atoms with Crippen LogP contribution in [0.25, 0.3) is 0 Å². The average molecular weight is 325 g/mol. The van der Waals surface area contributed by atoms with Crippen molar-refractivity contribution in [1.29, 1.82) is 0 Å². The average Bonchev–Trinajstić information content (AvgIpc) is 2.87. The molecule has 0 saturated carbocycles. The van der Waals surface area contributed by atoms with E-state index < -0.39 is 10.0 Å². The summed E-state index contributed by atoms with van der Waals surface area (Å²) in [6, 6.07) is 5.34. The van der Waals surface area contributed by atoms with Gasteiger partial charge >= 0.3 is 0 Å². The second-order valence-corrected chi connectivity index (χ2v) is 7.50. The third kappa shape index (κ3) is 3.98. The smallest absolute Gasteiger partial charge is 0.254 e. The molecule has 1 aromatic rings. The van der Waals surface area contributed by atoms with Gasteiger partial charge in [-0.05, 0) is 44.5 Å². The number of sulfonamides is 1. The van der Waals surface area contributed by atoms with Crippen molar-refractivity contribution in [1.82, 2.24) is 10.2 Å². The molecule has 1 heterocycles. The molecule has 1 aromatic carbocycles. The Kier molecular flexibility index (Phi) is 5.08. The molecule has 6 nitrogen and oxygen atoms in total. The van der Waals surface area contributed by atoms with Crippen molar-refractivity contribution in [3.8, 4) is 0 Å². The molecule has 1 atom stereocenters. The molecule has 1 aliphatic heterocycles. The van der Waals surface area contributed by atoms with E-state index in [2.05, 4.69) is 10.0 Å². The van der Waals surface area contributed by atoms with Crippen molar-refractivity contribution in [3.05, 3.63) is 29.3 Å². The molecule has 22 heavy (non-hydrogen) atoms. The molecule has 1 unspecified atom stereocenters. The Morgan fingerprint density at radius 2 is 2.14 bits per heavy atom. The Bertz CT molecular complexity index is 658. The molecule has 0 aliphatic carbocycles. The van der Waals surface area contributed by atoms with E-state index in [1.807, 2.05) is 11.9 Å². The minimum absolute atomic E-state index is 0.0469. The van der Waals surface area contributed by atoms with Crippen molar-refractivity contribution >= 4 is 21.6 Å². The van der Waals surface area contributed by atoms with Crippen LogP contribution in [0.5, 0.6) is 0 Å². The number of carbonyl (C=O) groups is 1. The standard InChI is InChI=1S/C15H23N3O3S/c1-11-6-7-12(9-14(11)17-22(3,20)21)15(19)18-8-4-5-13(18)10-16-2/h6-7,9,13,16-17H,4-5,8,10H2,1-3H3. The zero-order chi connectivity index (χ0) is 16.3. The zero-order valence-electron chi connectivity index (χ0n) is 13.2. The number of nitrogens with one attached hydrogen (secondary N) is 2. The molecule has 1 amide bonds. The molecule has 0 spiro atoms. The van der Waals surface area contributed by atoms with E-state index in [0.717, 1.165) is 37.8 Å². The van der Waals surface area contributed by atoms with Crippen LogP contribution in [0.3, 0.4) is 0 Å². The van der Waals surface area contributed by atoms with Crippen LogP contribution in [0.2, 0.25) is 0 Å². The quantitative estimate of drug-likeness (QED) is 0.852. The zero-order valence-corrected chi connectivity index (χ0v) is 14.0. The van der Waals surface area contributed by atoms with Crippen LogP contribution in [-0.4, -0.2) is 51.7 Å². The highest BCUT2D eigenvalue weighted by Gasteiger charge is 2.29. The van der Waals surface area contributed by atoms with E-state index in [1.54, 1.807) is 25.1 Å². The number of rotatable bonds is 5. The highest BCUT2D eigenvalue weighted by molar-refractivity contribution is 7.92. The fourth-order valence-corrected chi connectivity index (χ4v) is 3.40. The van der Waals surface area contributed by atoms with Crippen molar-refractivity contribution in [2.24, 2.45) is 0 Å². The molecule has 1 aliphatic rings. The number of hydrogen-bond donors (Lipinski definition) is 2. The van der Waals surface area contributed by atoms with Crippen LogP contribution < -0.4 is 10.0 Å². The molecule has 0 radical (unpaired) electrons. The van der Waals surface area contributed by atoms with Gasteiger partial charge in [0.1, 0.15) is 0 Å². The molecule has 0 bridgehead atoms. The number of aryl methyl sites for hydroxylation is 1. The number of hydrogen-bond acceptors (Lipinski definition) is 4. The largest absolute Gasteiger partial charge is 0.334 e. The van der Waals surface area contributed by atoms with E-state index >= 15 is 0 Å². The van der Waals surface area contributed by atoms with Crippen molar-refractivity contribution in [2.75, 3.05) is 31.1 Å². The first-order valence-corrected chi connectivity index (χ1v) is 9.25. The maximum Gasteiger partial charge on any atom is 0.254 e. The summed E-state index contributed by atoms with van der Waals surface area (Å²) in [5.74, 6) is -0.0469. The predicted octanol–water partition coefficient (Wildman–Crippen LogP) is 1.19. The Balaban J connectivity index is 2.25. The molecule has 0 aromatic heterocycles. The van der Waals surface area contributed by atoms with Gasteiger partial charge in [0.05, 0.1) is 11.9 Å². The van der Waals surface area contributed by atoms with Gasteiger partial charge in [-0.2, -0.15) is 0 Å². The van der Waals surface area contributed by atoms with E-state index in [0.29, 0.717) is 11.3 Å². The summed E-state index contributed by atoms with van der Waals surface area (Å²) in [6.07, 6.45) is 3.09. The summed E-state index contributed by atoms with van der Waals surface area (Å²) in [6.45, 7) is 3.32. The van der Waals surface area contributed by atoms with E-state index in [4.69, 9.17) is 0 Å². The summed E-state index contributed by atoms with van der Waals surface area (Å²) in [4.78, 5) is 14.5. The molecule has 122 valence electrons. The van der Waals surface area contributed by atoms with Gasteiger partial charge in [0.2, 0.25) is 10.0 Å². The minimum atomic E-state index is -3.37. The highest BCUT2D eigenvalue weighted by atomic mass is 32.2. The Morgan fingerprint density at radius 3 is 2.77 bits per heavy atom. The number of nitrogens with zero attached hydrogens (tertiary/aromatic N) is 1. The molecule has 7 heteroatoms. The number of carbonyl (C=O) groups excluding carboxylic acids is 1. The number of likely N-dealkylation sites (tertiary alicyclic amines) is 1. The second kappa shape index (κ2) is 6.66. The van der Waals surface area contributed by atoms with Crippen molar-refractivity contribution in [2.45, 2.75) is 25.8 Å². The lowest BCUT2D eigenvalue weighted by molar-refractivity contribution is 0.0737. The molecule has 1 saturated heterocycles. The normalized spacial score (nSPS) is 18.5. The summed E-state index contributed by atoms with van der Waals surface area (Å²) >= 11 is 0. The topological polar surface area (TPSA) is 78.5 Å². The van der Waals surface area contributed by atoms with Gasteiger partial charge in [0.25, 0.3) is 5.91 Å². The molecule has 2 rings (SSSR count). The van der Waals surface area contributed by atoms with Gasteiger partial charge in [-0.25, -0.2) is 8.42 Å². The maximum atomic E-state index is 12.7. The first-order chi connectivity index (χ1) is 10.3. The monoisotopic (exact) mass is 325 g/mol. The van der Waals surface area contributed by atoms with Gasteiger partial charge in [-0.1, -0.05) is 6.07 Å². The summed E-state index contributed by atoms with van der Waals surface area (Å²) in [7, 11) is -1.49. The Labute approximate surface area is 131 Å². The number of benzene rings is 1. The summed E-state index contributed by atoms with van der Waals surface area (Å²) < 4.78 is 25.3. The van der Waals surface area contributed by atoms with Crippen molar-refractivity contribution in [3.63, 3.8) is 0 Å². The number of anilines is 1. The van der Waals surface area contributed by atoms with Crippen LogP contribution in [0.4, 0.5) is 5.69 Å². The van der Waals surface area contributed by atoms with Crippen LogP contribution in [0.15, 0.2) is 18.2 Å². The van der Waals surface area contributed by atoms with E-state index in [9.17, 15) is 13.2 Å². The lowest BCUT2D eigenvalue weighted by Gasteiger charge is -2.25. The SMILES string of the molecule is CNCC1CCCN1C(=O)c1ccc(C)c(NS(C)(=O)=O)c1. The van der Waals surface area contributed by atoms with Gasteiger partial charge < -0.3 is 10.2 Å². The van der Waals surface area contributed by atoms with Crippen molar-refractivity contribution < 1.29 is 13.2 Å². The van der Waals surface area contributed by atoms with Crippen LogP contribution in [0, 0.1) is 6.92 Å². The summed E-state index contributed by atoms with van der Waals surface area (Å²) in [5.41, 5.74) is 1.76. The van der Waals surface area contributed by atoms with E-state index in [1.165, 1.54) is 0 Å². The summed E-state index contributed by atoms with van der Waals surface area (Å²) in [5, 5.41) is 3.11. The number of amides is 1. The maximum absolute atomic E-state index is 12.7. The Morgan fingerprint density at radius 1 is 1.41 bits per heavy atom. The fourth-order valence-electron chi connectivity index (χ4n) is 2.78. The second-order valence-electron chi connectivity index (χ2n) is 5.76. The minimum Gasteiger partial charge on any atom is -0.334 e.